The molecule has 0 amide bonds. The smallest absolute Gasteiger partial charge is 0.241 e. The minimum atomic E-state index is 0. The van der Waals surface area contributed by atoms with E-state index in [1.807, 2.05) is 50.1 Å². The van der Waals surface area contributed by atoms with Crippen molar-refractivity contribution in [3.05, 3.63) is 74.9 Å². The zero-order valence-electron chi connectivity index (χ0n) is 59.7. The molecule has 34 nitrogen and oxygen atoms in total. The third kappa shape index (κ3) is 171. The van der Waals surface area contributed by atoms with E-state index in [1.165, 1.54) is 283 Å². The first-order chi connectivity index (χ1) is 33.7. The SMILES string of the molecule is CCCCCCCCCCCC[n+]1cc[nH]c1.CCCCCCCCCCCC[n+]1cc[nH]c1.CCCCCCCCCCCC[n+]1cc[nH]c1.CCCCCCCCCCCC[n+]1cc[nH]c1.[Mo].[Mo].[Mo].[Mo].[Mo].[Mo].[Mo].[Mo].[O-2].[O-2].[O-2].[O-2].[O-2].[O-2].[O-2].[O-2].[O-2].[O-2].[O-2].[O-2].[O-2].[O-2].[O-2].[O-2].[O-2].[O-2].[O-2].[O-2].[O-2].[O-2].[O-2].[O-2].[O-2].[O-2]. The summed E-state index contributed by atoms with van der Waals surface area (Å²) in [5.41, 5.74) is 0. The third-order valence-corrected chi connectivity index (χ3v) is 13.5. The van der Waals surface area contributed by atoms with Gasteiger partial charge in [0.25, 0.3) is 0 Å². The molecule has 0 atom stereocenters. The monoisotopic (exact) mass is 2150 g/mol. The fraction of sp³-hybridized carbons (Fsp3) is 0.800. The predicted octanol–water partition coefficient (Wildman–Crippen LogP) is 13.8. The molecule has 0 aliphatic heterocycles. The van der Waals surface area contributed by atoms with Gasteiger partial charge in [0.05, 0.1) is 26.2 Å². The van der Waals surface area contributed by atoms with Gasteiger partial charge < -0.3 is 142 Å². The molecule has 0 saturated heterocycles. The first kappa shape index (κ1) is 225. The number of imidazole rings is 4. The zero-order chi connectivity index (χ0) is 48.7. The molecule has 4 rings (SSSR count). The quantitative estimate of drug-likeness (QED) is 0.0182. The van der Waals surface area contributed by atoms with Gasteiger partial charge >= 0.3 is 0 Å². The summed E-state index contributed by atoms with van der Waals surface area (Å²) in [6, 6.07) is 0. The van der Waals surface area contributed by atoms with E-state index in [0.29, 0.717) is 0 Å². The molecule has 102 heavy (non-hydrogen) atoms. The molecule has 0 saturated carbocycles. The Balaban J connectivity index is -0.0000000170. The standard InChI is InChI=1S/4C15H28N2.8Mo.26O/c4*1-2-3-4-5-6-7-8-9-10-11-13-17-14-12-16-15-17;;;;;;;;;;;;;;;;;;;;;;;;;;;;;;;;;;/h4*12,14-15H,2-11,13H2,1H3;;;;;;;;;;;;;;;;;;;;;;;;;;;;;;;;;;/q;;;;;;;;;;;;26*-2/p+4. The molecule has 0 aliphatic rings. The molecule has 0 bridgehead atoms. The Kier molecular flexibility index (Phi) is 431. The van der Waals surface area contributed by atoms with E-state index >= 15 is 0 Å². The molecule has 4 N–H and O–H groups in total. The number of aryl methyl sites for hydroxylation is 4. The molecule has 4 aromatic rings. The molecule has 0 aliphatic carbocycles. The number of hydrogen-bond donors (Lipinski definition) is 4. The van der Waals surface area contributed by atoms with Gasteiger partial charge in [-0.25, -0.2) is 18.3 Å². The summed E-state index contributed by atoms with van der Waals surface area (Å²) in [4.78, 5) is 12.3. The second-order valence-electron chi connectivity index (χ2n) is 20.1. The van der Waals surface area contributed by atoms with Crippen molar-refractivity contribution in [2.75, 3.05) is 0 Å². The fourth-order valence-corrected chi connectivity index (χ4v) is 8.97. The molecule has 0 spiro atoms. The van der Waals surface area contributed by atoms with Crippen LogP contribution in [0.3, 0.4) is 0 Å². The van der Waals surface area contributed by atoms with Crippen LogP contribution in [0.4, 0.5) is 0 Å². The van der Waals surface area contributed by atoms with E-state index in [0.717, 1.165) is 0 Å². The molecule has 0 radical (unpaired) electrons. The summed E-state index contributed by atoms with van der Waals surface area (Å²) in [7, 11) is 0. The van der Waals surface area contributed by atoms with Gasteiger partial charge in [-0.2, -0.15) is 0 Å². The molecule has 4 heterocycles. The number of H-pyrrole nitrogens is 4. The summed E-state index contributed by atoms with van der Waals surface area (Å²) in [6.45, 7) is 13.8. The van der Waals surface area contributed by atoms with Crippen molar-refractivity contribution in [2.45, 2.75) is 311 Å². The van der Waals surface area contributed by atoms with Crippen LogP contribution in [0.5, 0.6) is 0 Å². The molecule has 4 aromatic heterocycles. The molecule has 0 fully saturated rings. The van der Waals surface area contributed by atoms with Gasteiger partial charge in [-0.05, 0) is 51.4 Å². The average Bonchev–Trinajstić information content (AvgIpc) is 4.23. The maximum Gasteiger partial charge on any atom is 0.241 e. The summed E-state index contributed by atoms with van der Waals surface area (Å²) in [6.07, 6.45) is 81.0. The number of nitrogens with zero attached hydrogens (tertiary/aromatic N) is 4. The van der Waals surface area contributed by atoms with Gasteiger partial charge in [0.15, 0.2) is 0 Å². The van der Waals surface area contributed by atoms with Crippen LogP contribution in [0.15, 0.2) is 74.9 Å². The van der Waals surface area contributed by atoms with Crippen LogP contribution >= 0.6 is 0 Å². The number of hydrogen-bond acceptors (Lipinski definition) is 0. The molecular formula is C60H116Mo8N8O26-48. The first-order valence-corrected chi connectivity index (χ1v) is 29.8. The minimum Gasteiger partial charge on any atom is -2.00 e. The van der Waals surface area contributed by atoms with Crippen LogP contribution in [-0.2, 0) is 337 Å². The van der Waals surface area contributed by atoms with Crippen molar-refractivity contribution in [2.24, 2.45) is 0 Å². The van der Waals surface area contributed by atoms with Crippen LogP contribution in [0.25, 0.3) is 0 Å². The van der Waals surface area contributed by atoms with E-state index in [1.54, 1.807) is 0 Å². The normalized spacial score (nSPS) is 7.25. The van der Waals surface area contributed by atoms with Gasteiger partial charge in [0.2, 0.25) is 25.3 Å². The van der Waals surface area contributed by atoms with Crippen molar-refractivity contribution >= 4 is 0 Å². The minimum absolute atomic E-state index is 0. The van der Waals surface area contributed by atoms with E-state index < -0.39 is 0 Å². The van der Waals surface area contributed by atoms with Crippen molar-refractivity contribution in [3.8, 4) is 0 Å². The number of unbranched alkanes of at least 4 members (excludes halogenated alkanes) is 36. The fourth-order valence-electron chi connectivity index (χ4n) is 8.97. The Morgan fingerprint density at radius 3 is 0.343 bits per heavy atom. The summed E-state index contributed by atoms with van der Waals surface area (Å²) < 4.78 is 8.91. The van der Waals surface area contributed by atoms with Crippen LogP contribution in [-0.4, -0.2) is 19.9 Å². The van der Waals surface area contributed by atoms with E-state index in [2.05, 4.69) is 90.7 Å². The maximum absolute atomic E-state index is 3.08. The van der Waals surface area contributed by atoms with Gasteiger partial charge in [0.1, 0.15) is 49.6 Å². The second-order valence-corrected chi connectivity index (χ2v) is 20.1. The third-order valence-electron chi connectivity index (χ3n) is 13.5. The van der Waals surface area contributed by atoms with Crippen LogP contribution in [0, 0.1) is 0 Å². The summed E-state index contributed by atoms with van der Waals surface area (Å²) in [5, 5.41) is 0. The van der Waals surface area contributed by atoms with E-state index in [4.69, 9.17) is 0 Å². The number of rotatable bonds is 44. The zero-order valence-corrected chi connectivity index (χ0v) is 75.8. The Hall–Kier alpha value is 1.31. The Bertz CT molecular complexity index is 1300. The van der Waals surface area contributed by atoms with Crippen molar-refractivity contribution in [1.82, 2.24) is 19.9 Å². The predicted molar refractivity (Wildman–Crippen MR) is 309 cm³/mol. The van der Waals surface area contributed by atoms with E-state index in [-0.39, 0.29) is 311 Å². The molecule has 0 aromatic carbocycles. The van der Waals surface area contributed by atoms with Gasteiger partial charge in [-0.15, -0.1) is 0 Å². The second kappa shape index (κ2) is 195. The average molecular weight is 2130 g/mol. The topological polar surface area (TPSA) is 820 Å². The van der Waals surface area contributed by atoms with Gasteiger partial charge in [0, 0.05) is 169 Å². The van der Waals surface area contributed by atoms with Crippen LogP contribution in [0.1, 0.15) is 285 Å². The maximum atomic E-state index is 3.08. The van der Waals surface area contributed by atoms with Crippen molar-refractivity contribution in [3.63, 3.8) is 0 Å². The Labute approximate surface area is 727 Å². The number of nitrogens with one attached hydrogen (secondary N) is 4. The Morgan fingerprint density at radius 2 is 0.255 bits per heavy atom. The van der Waals surface area contributed by atoms with Crippen molar-refractivity contribution < 1.29 is 329 Å². The van der Waals surface area contributed by atoms with Gasteiger partial charge in [-0.3, -0.25) is 19.9 Å². The molecule has 42 heteroatoms. The first-order valence-electron chi connectivity index (χ1n) is 29.8. The summed E-state index contributed by atoms with van der Waals surface area (Å²) in [5.74, 6) is 0. The summed E-state index contributed by atoms with van der Waals surface area (Å²) >= 11 is 0. The molecule has 0 unspecified atom stereocenters. The molecule has 648 valence electrons. The Morgan fingerprint density at radius 1 is 0.157 bits per heavy atom. The molecular weight excluding hydrogens is 2020 g/mol. The number of aromatic nitrogens is 8. The largest absolute Gasteiger partial charge is 2.00 e. The van der Waals surface area contributed by atoms with Crippen LogP contribution < -0.4 is 18.3 Å². The van der Waals surface area contributed by atoms with E-state index in [9.17, 15) is 0 Å². The van der Waals surface area contributed by atoms with Crippen molar-refractivity contribution in [1.29, 1.82) is 0 Å². The number of aromatic amines is 4. The van der Waals surface area contributed by atoms with Gasteiger partial charge in [-0.1, -0.05) is 233 Å². The van der Waals surface area contributed by atoms with Crippen LogP contribution in [0.2, 0.25) is 0 Å².